The van der Waals surface area contributed by atoms with Gasteiger partial charge in [0.25, 0.3) is 0 Å². The van der Waals surface area contributed by atoms with Gasteiger partial charge >= 0.3 is 10.2 Å². The molecule has 0 saturated heterocycles. The summed E-state index contributed by atoms with van der Waals surface area (Å²) >= 11 is 0. The van der Waals surface area contributed by atoms with Crippen LogP contribution in [0.3, 0.4) is 0 Å². The quantitative estimate of drug-likeness (QED) is 0.426. The van der Waals surface area contributed by atoms with E-state index in [-0.39, 0.29) is 0 Å². The molecule has 0 amide bonds. The molecule has 0 fully saturated rings. The highest BCUT2D eigenvalue weighted by molar-refractivity contribution is 7.89. The molecule has 0 aromatic carbocycles. The van der Waals surface area contributed by atoms with Gasteiger partial charge in [0, 0.05) is 0 Å². The topological polar surface area (TPSA) is 46.5 Å². The van der Waals surface area contributed by atoms with Gasteiger partial charge in [0.15, 0.2) is 0 Å². The highest BCUT2D eigenvalue weighted by Gasteiger charge is 1.95. The molecule has 0 atom stereocenters. The third-order valence-electron chi connectivity index (χ3n) is 0.389. The molecule has 0 unspecified atom stereocenters. The van der Waals surface area contributed by atoms with E-state index in [1.165, 1.54) is 0 Å². The predicted molar refractivity (Wildman–Crippen MR) is 32.2 cm³/mol. The SMILES string of the molecule is C=C=N/C=C/S(=O)(=O)F. The molecular formula is C4H4FNO2S. The molecule has 3 nitrogen and oxygen atoms in total. The van der Waals surface area contributed by atoms with E-state index in [0.29, 0.717) is 5.41 Å². The minimum atomic E-state index is -4.54. The molecule has 0 aromatic heterocycles. The van der Waals surface area contributed by atoms with Gasteiger partial charge in [0.2, 0.25) is 0 Å². The molecular weight excluding hydrogens is 145 g/mol. The minimum Gasteiger partial charge on any atom is -0.214 e. The Kier molecular flexibility index (Phi) is 2.84. The summed E-state index contributed by atoms with van der Waals surface area (Å²) in [5.74, 6) is 2.00. The van der Waals surface area contributed by atoms with Crippen LogP contribution in [-0.2, 0) is 10.2 Å². The third-order valence-corrected chi connectivity index (χ3v) is 0.836. The maximum Gasteiger partial charge on any atom is 0.326 e. The maximum absolute atomic E-state index is 11.5. The van der Waals surface area contributed by atoms with Crippen molar-refractivity contribution in [2.24, 2.45) is 4.99 Å². The number of rotatable bonds is 2. The number of hydrogen-bond donors (Lipinski definition) is 0. The van der Waals surface area contributed by atoms with Gasteiger partial charge < -0.3 is 0 Å². The first-order chi connectivity index (χ1) is 4.06. The van der Waals surface area contributed by atoms with Gasteiger partial charge in [-0.05, 0) is 12.4 Å². The monoisotopic (exact) mass is 149 g/mol. The molecule has 9 heavy (non-hydrogen) atoms. The highest BCUT2D eigenvalue weighted by atomic mass is 32.3. The Bertz CT molecular complexity index is 248. The molecule has 0 heterocycles. The second-order valence-electron chi connectivity index (χ2n) is 1.05. The van der Waals surface area contributed by atoms with E-state index in [1.807, 2.05) is 5.87 Å². The average molecular weight is 149 g/mol. The van der Waals surface area contributed by atoms with Crippen LogP contribution in [0.4, 0.5) is 3.89 Å². The normalized spacial score (nSPS) is 11.2. The molecule has 0 bridgehead atoms. The van der Waals surface area contributed by atoms with E-state index in [1.54, 1.807) is 0 Å². The van der Waals surface area contributed by atoms with Crippen LogP contribution in [0.2, 0.25) is 0 Å². The fourth-order valence-electron chi connectivity index (χ4n) is 0.156. The first-order valence-electron chi connectivity index (χ1n) is 1.89. The minimum absolute atomic E-state index is 0.311. The van der Waals surface area contributed by atoms with Crippen LogP contribution in [-0.4, -0.2) is 14.3 Å². The van der Waals surface area contributed by atoms with Crippen molar-refractivity contribution in [3.63, 3.8) is 0 Å². The Morgan fingerprint density at radius 1 is 1.67 bits per heavy atom. The van der Waals surface area contributed by atoms with E-state index in [9.17, 15) is 12.3 Å². The smallest absolute Gasteiger partial charge is 0.214 e. The van der Waals surface area contributed by atoms with Crippen molar-refractivity contribution >= 4 is 16.1 Å². The molecule has 0 aliphatic carbocycles. The fraction of sp³-hybridized carbons (Fsp3) is 0. The summed E-state index contributed by atoms with van der Waals surface area (Å²) in [6.45, 7) is 3.02. The molecule has 5 heteroatoms. The second kappa shape index (κ2) is 3.17. The second-order valence-corrected chi connectivity index (χ2v) is 2.27. The summed E-state index contributed by atoms with van der Waals surface area (Å²) in [5.41, 5.74) is 0. The van der Waals surface area contributed by atoms with Crippen LogP contribution in [0.15, 0.2) is 23.2 Å². The van der Waals surface area contributed by atoms with Gasteiger partial charge in [-0.15, -0.1) is 3.89 Å². The van der Waals surface area contributed by atoms with Crippen molar-refractivity contribution in [2.45, 2.75) is 0 Å². The molecule has 50 valence electrons. The van der Waals surface area contributed by atoms with E-state index in [0.717, 1.165) is 6.20 Å². The van der Waals surface area contributed by atoms with Gasteiger partial charge in [0.1, 0.15) is 0 Å². The zero-order chi connectivity index (χ0) is 7.33. The van der Waals surface area contributed by atoms with Gasteiger partial charge in [-0.3, -0.25) is 0 Å². The molecule has 0 radical (unpaired) electrons. The third kappa shape index (κ3) is 7.07. The molecule has 0 N–H and O–H groups in total. The summed E-state index contributed by atoms with van der Waals surface area (Å²) < 4.78 is 30.8. The number of aliphatic imine (C=N–C) groups is 1. The first-order valence-corrected chi connectivity index (χ1v) is 3.34. The Morgan fingerprint density at radius 2 is 2.22 bits per heavy atom. The van der Waals surface area contributed by atoms with E-state index in [2.05, 4.69) is 11.6 Å². The highest BCUT2D eigenvalue weighted by Crippen LogP contribution is 1.91. The Morgan fingerprint density at radius 3 is 2.56 bits per heavy atom. The summed E-state index contributed by atoms with van der Waals surface area (Å²) in [6, 6.07) is 0. The van der Waals surface area contributed by atoms with Crippen molar-refractivity contribution < 1.29 is 12.3 Å². The van der Waals surface area contributed by atoms with Crippen LogP contribution in [0.25, 0.3) is 0 Å². The van der Waals surface area contributed by atoms with Gasteiger partial charge in [-0.25, -0.2) is 4.99 Å². The Labute approximate surface area is 52.4 Å². The molecule has 0 aliphatic rings. The summed E-state index contributed by atoms with van der Waals surface area (Å²) in [5, 5.41) is 0.311. The van der Waals surface area contributed by atoms with Crippen LogP contribution >= 0.6 is 0 Å². The standard InChI is InChI=1S/C4H4FNO2S/c1-2-6-3-4-9(5,7)8/h3-4H,1H2/b4-3+. The number of hydrogen-bond acceptors (Lipinski definition) is 3. The lowest BCUT2D eigenvalue weighted by molar-refractivity contribution is 0.563. The van der Waals surface area contributed by atoms with E-state index >= 15 is 0 Å². The average Bonchev–Trinajstić information content (AvgIpc) is 1.63. The molecule has 0 rings (SSSR count). The molecule has 0 aliphatic heterocycles. The van der Waals surface area contributed by atoms with Crippen LogP contribution in [0.1, 0.15) is 0 Å². The summed E-state index contributed by atoms with van der Waals surface area (Å²) in [7, 11) is -4.54. The van der Waals surface area contributed by atoms with Crippen molar-refractivity contribution in [3.05, 3.63) is 18.2 Å². The first kappa shape index (κ1) is 8.07. The van der Waals surface area contributed by atoms with Crippen LogP contribution < -0.4 is 0 Å². The largest absolute Gasteiger partial charge is 0.326 e. The lowest BCUT2D eigenvalue weighted by Crippen LogP contribution is -1.78. The molecule has 0 aromatic rings. The predicted octanol–water partition coefficient (Wildman–Crippen LogP) is 0.613. The van der Waals surface area contributed by atoms with E-state index < -0.39 is 10.2 Å². The van der Waals surface area contributed by atoms with Crippen molar-refractivity contribution in [1.29, 1.82) is 0 Å². The van der Waals surface area contributed by atoms with Crippen LogP contribution in [0, 0.1) is 0 Å². The lowest BCUT2D eigenvalue weighted by Gasteiger charge is -1.73. The molecule has 0 spiro atoms. The van der Waals surface area contributed by atoms with Gasteiger partial charge in [-0.2, -0.15) is 8.42 Å². The fourth-order valence-corrected chi connectivity index (χ4v) is 0.362. The summed E-state index contributed by atoms with van der Waals surface area (Å²) in [6.07, 6.45) is 0.752. The zero-order valence-electron chi connectivity index (χ0n) is 4.41. The molecule has 0 saturated carbocycles. The Hall–Kier alpha value is -0.930. The lowest BCUT2D eigenvalue weighted by atomic mass is 11.0. The van der Waals surface area contributed by atoms with Crippen molar-refractivity contribution in [2.75, 3.05) is 0 Å². The van der Waals surface area contributed by atoms with Crippen LogP contribution in [0.5, 0.6) is 0 Å². The number of halogens is 1. The van der Waals surface area contributed by atoms with Gasteiger partial charge in [0.05, 0.1) is 11.6 Å². The van der Waals surface area contributed by atoms with Crippen molar-refractivity contribution in [3.8, 4) is 0 Å². The maximum atomic E-state index is 11.5. The Balaban J connectivity index is 4.20. The van der Waals surface area contributed by atoms with Crippen molar-refractivity contribution in [1.82, 2.24) is 0 Å². The summed E-state index contributed by atoms with van der Waals surface area (Å²) in [4.78, 5) is 3.10. The number of nitrogens with zero attached hydrogens (tertiary/aromatic N) is 1. The van der Waals surface area contributed by atoms with Gasteiger partial charge in [-0.1, -0.05) is 0 Å². The van der Waals surface area contributed by atoms with E-state index in [4.69, 9.17) is 0 Å². The zero-order valence-corrected chi connectivity index (χ0v) is 5.23.